The zero-order chi connectivity index (χ0) is 9.52. The van der Waals surface area contributed by atoms with E-state index in [0.29, 0.717) is 6.61 Å². The minimum atomic E-state index is -1.50. The van der Waals surface area contributed by atoms with Crippen LogP contribution in [0.25, 0.3) is 0 Å². The smallest absolute Gasteiger partial charge is 0.152 e. The molecule has 0 aliphatic rings. The van der Waals surface area contributed by atoms with Gasteiger partial charge in [-0.1, -0.05) is 30.3 Å². The van der Waals surface area contributed by atoms with E-state index in [2.05, 4.69) is 0 Å². The van der Waals surface area contributed by atoms with Crippen molar-refractivity contribution in [2.45, 2.75) is 12.8 Å². The Morgan fingerprint density at radius 1 is 1.23 bits per heavy atom. The lowest BCUT2D eigenvalue weighted by molar-refractivity contribution is 0.0596. The third kappa shape index (κ3) is 3.99. The highest BCUT2D eigenvalue weighted by Crippen LogP contribution is 2.02. The summed E-state index contributed by atoms with van der Waals surface area (Å²) >= 11 is 0. The number of hydrogen-bond donors (Lipinski definition) is 0. The Labute approximate surface area is 76.3 Å². The zero-order valence-electron chi connectivity index (χ0n) is 7.25. The van der Waals surface area contributed by atoms with Crippen LogP contribution in [0.15, 0.2) is 30.3 Å². The van der Waals surface area contributed by atoms with E-state index in [0.717, 1.165) is 5.56 Å². The number of benzene rings is 1. The van der Waals surface area contributed by atoms with E-state index in [1.807, 2.05) is 30.3 Å². The van der Waals surface area contributed by atoms with E-state index >= 15 is 0 Å². The largest absolute Gasteiger partial charge is 0.374 e. The molecular weight excluding hydrogens is 174 g/mol. The van der Waals surface area contributed by atoms with Crippen LogP contribution in [0.4, 0.5) is 8.78 Å². The van der Waals surface area contributed by atoms with Gasteiger partial charge in [-0.05, 0) is 5.56 Å². The summed E-state index contributed by atoms with van der Waals surface area (Å²) in [5.41, 5.74) is 0.966. The molecule has 0 saturated carbocycles. The van der Waals surface area contributed by atoms with Gasteiger partial charge in [-0.3, -0.25) is 0 Å². The van der Waals surface area contributed by atoms with Gasteiger partial charge in [0.25, 0.3) is 0 Å². The Morgan fingerprint density at radius 3 is 2.54 bits per heavy atom. The van der Waals surface area contributed by atoms with Gasteiger partial charge in [-0.25, -0.2) is 8.78 Å². The molecule has 72 valence electrons. The highest BCUT2D eigenvalue weighted by molar-refractivity contribution is 5.13. The SMILES string of the molecule is FCC(F)COCc1ccccc1. The molecule has 0 bridgehead atoms. The maximum atomic E-state index is 12.3. The molecule has 1 rings (SSSR count). The molecule has 13 heavy (non-hydrogen) atoms. The Kier molecular flexibility index (Phi) is 4.40. The first-order valence-corrected chi connectivity index (χ1v) is 4.14. The molecule has 1 nitrogen and oxygen atoms in total. The van der Waals surface area contributed by atoms with Crippen molar-refractivity contribution in [1.82, 2.24) is 0 Å². The van der Waals surface area contributed by atoms with Crippen molar-refractivity contribution in [3.05, 3.63) is 35.9 Å². The van der Waals surface area contributed by atoms with Gasteiger partial charge in [0.2, 0.25) is 0 Å². The summed E-state index contributed by atoms with van der Waals surface area (Å²) in [7, 11) is 0. The number of ether oxygens (including phenoxy) is 1. The lowest BCUT2D eigenvalue weighted by atomic mass is 10.2. The van der Waals surface area contributed by atoms with Gasteiger partial charge in [0.15, 0.2) is 6.17 Å². The maximum Gasteiger partial charge on any atom is 0.152 e. The van der Waals surface area contributed by atoms with E-state index in [9.17, 15) is 8.78 Å². The summed E-state index contributed by atoms with van der Waals surface area (Å²) in [6.07, 6.45) is -1.50. The molecule has 0 radical (unpaired) electrons. The molecule has 0 saturated heterocycles. The van der Waals surface area contributed by atoms with Crippen molar-refractivity contribution in [2.75, 3.05) is 13.3 Å². The second-order valence-corrected chi connectivity index (χ2v) is 2.75. The highest BCUT2D eigenvalue weighted by Gasteiger charge is 2.04. The summed E-state index contributed by atoms with van der Waals surface area (Å²) in [5, 5.41) is 0. The lowest BCUT2D eigenvalue weighted by Gasteiger charge is -2.05. The van der Waals surface area contributed by atoms with Crippen molar-refractivity contribution >= 4 is 0 Å². The summed E-state index contributed by atoms with van der Waals surface area (Å²) < 4.78 is 28.9. The second kappa shape index (κ2) is 5.65. The molecule has 0 aliphatic carbocycles. The van der Waals surface area contributed by atoms with Gasteiger partial charge in [0.1, 0.15) is 6.67 Å². The molecule has 0 heterocycles. The monoisotopic (exact) mass is 186 g/mol. The van der Waals surface area contributed by atoms with Crippen LogP contribution < -0.4 is 0 Å². The van der Waals surface area contributed by atoms with Crippen molar-refractivity contribution in [3.8, 4) is 0 Å². The number of halogens is 2. The molecule has 3 heteroatoms. The minimum Gasteiger partial charge on any atom is -0.374 e. The molecule has 0 aliphatic heterocycles. The number of alkyl halides is 2. The third-order valence-electron chi connectivity index (χ3n) is 1.58. The Hall–Kier alpha value is -0.960. The fourth-order valence-corrected chi connectivity index (χ4v) is 0.923. The van der Waals surface area contributed by atoms with Gasteiger partial charge in [0, 0.05) is 0 Å². The molecule has 1 atom stereocenters. The van der Waals surface area contributed by atoms with E-state index in [1.54, 1.807) is 0 Å². The van der Waals surface area contributed by atoms with Gasteiger partial charge in [0.05, 0.1) is 13.2 Å². The van der Waals surface area contributed by atoms with Crippen LogP contribution in [0, 0.1) is 0 Å². The molecule has 0 aromatic heterocycles. The predicted molar refractivity (Wildman–Crippen MR) is 47.0 cm³/mol. The third-order valence-corrected chi connectivity index (χ3v) is 1.58. The standard InChI is InChI=1S/C10H12F2O/c11-6-10(12)8-13-7-9-4-2-1-3-5-9/h1-5,10H,6-8H2. The maximum absolute atomic E-state index is 12.3. The first-order chi connectivity index (χ1) is 6.33. The van der Waals surface area contributed by atoms with Gasteiger partial charge in [-0.2, -0.15) is 0 Å². The molecule has 1 aromatic carbocycles. The van der Waals surface area contributed by atoms with Gasteiger partial charge >= 0.3 is 0 Å². The summed E-state index contributed by atoms with van der Waals surface area (Å²) in [4.78, 5) is 0. The normalized spacial score (nSPS) is 12.8. The van der Waals surface area contributed by atoms with Crippen LogP contribution in [0.3, 0.4) is 0 Å². The molecule has 0 amide bonds. The van der Waals surface area contributed by atoms with E-state index in [4.69, 9.17) is 4.74 Å². The summed E-state index contributed by atoms with van der Waals surface area (Å²) in [6, 6.07) is 9.40. The predicted octanol–water partition coefficient (Wildman–Crippen LogP) is 2.51. The van der Waals surface area contributed by atoms with Crippen LogP contribution >= 0.6 is 0 Å². The fraction of sp³-hybridized carbons (Fsp3) is 0.400. The molecule has 1 aromatic rings. The zero-order valence-corrected chi connectivity index (χ0v) is 7.25. The van der Waals surface area contributed by atoms with Crippen LogP contribution in [0.2, 0.25) is 0 Å². The van der Waals surface area contributed by atoms with Gasteiger partial charge in [-0.15, -0.1) is 0 Å². The second-order valence-electron chi connectivity index (χ2n) is 2.75. The first-order valence-electron chi connectivity index (χ1n) is 4.14. The van der Waals surface area contributed by atoms with Crippen molar-refractivity contribution in [2.24, 2.45) is 0 Å². The van der Waals surface area contributed by atoms with Crippen LogP contribution in [0.1, 0.15) is 5.56 Å². The van der Waals surface area contributed by atoms with E-state index < -0.39 is 12.8 Å². The Balaban J connectivity index is 2.20. The molecule has 0 spiro atoms. The summed E-state index contributed by atoms with van der Waals surface area (Å²) in [5.74, 6) is 0. The van der Waals surface area contributed by atoms with Crippen molar-refractivity contribution in [1.29, 1.82) is 0 Å². The lowest BCUT2D eigenvalue weighted by Crippen LogP contribution is -2.11. The molecule has 1 unspecified atom stereocenters. The quantitative estimate of drug-likeness (QED) is 0.686. The Bertz CT molecular complexity index is 226. The first kappa shape index (κ1) is 10.1. The van der Waals surface area contributed by atoms with Gasteiger partial charge < -0.3 is 4.74 Å². The minimum absolute atomic E-state index is 0.175. The number of rotatable bonds is 5. The van der Waals surface area contributed by atoms with Crippen molar-refractivity contribution in [3.63, 3.8) is 0 Å². The van der Waals surface area contributed by atoms with Crippen LogP contribution in [-0.4, -0.2) is 19.5 Å². The van der Waals surface area contributed by atoms with Crippen LogP contribution in [-0.2, 0) is 11.3 Å². The Morgan fingerprint density at radius 2 is 1.92 bits per heavy atom. The van der Waals surface area contributed by atoms with E-state index in [-0.39, 0.29) is 6.61 Å². The highest BCUT2D eigenvalue weighted by atomic mass is 19.2. The average Bonchev–Trinajstić information content (AvgIpc) is 2.19. The van der Waals surface area contributed by atoms with Crippen LogP contribution in [0.5, 0.6) is 0 Å². The summed E-state index contributed by atoms with van der Waals surface area (Å²) in [6.45, 7) is -0.818. The fourth-order valence-electron chi connectivity index (χ4n) is 0.923. The molecule has 0 fully saturated rings. The molecule has 0 N–H and O–H groups in total. The molecular formula is C10H12F2O. The average molecular weight is 186 g/mol. The number of hydrogen-bond acceptors (Lipinski definition) is 1. The van der Waals surface area contributed by atoms with Crippen molar-refractivity contribution < 1.29 is 13.5 Å². The van der Waals surface area contributed by atoms with E-state index in [1.165, 1.54) is 0 Å². The topological polar surface area (TPSA) is 9.23 Å².